The van der Waals surface area contributed by atoms with Crippen molar-refractivity contribution < 1.29 is 4.74 Å². The minimum Gasteiger partial charge on any atom is -0.457 e. The Kier molecular flexibility index (Phi) is 4.37. The zero-order valence-corrected chi connectivity index (χ0v) is 13.1. The van der Waals surface area contributed by atoms with E-state index >= 15 is 0 Å². The van der Waals surface area contributed by atoms with Crippen LogP contribution in [-0.2, 0) is 5.33 Å². The van der Waals surface area contributed by atoms with Gasteiger partial charge in [0.25, 0.3) is 0 Å². The molecule has 0 fully saturated rings. The topological polar surface area (TPSA) is 9.23 Å². The molecule has 1 nitrogen and oxygen atoms in total. The Morgan fingerprint density at radius 2 is 1.14 bits per heavy atom. The van der Waals surface area contributed by atoms with Gasteiger partial charge in [0.15, 0.2) is 0 Å². The molecule has 0 saturated heterocycles. The summed E-state index contributed by atoms with van der Waals surface area (Å²) in [5, 5.41) is 0.860. The maximum atomic E-state index is 5.85. The van der Waals surface area contributed by atoms with Crippen LogP contribution in [0.4, 0.5) is 0 Å². The molecule has 0 amide bonds. The van der Waals surface area contributed by atoms with Crippen LogP contribution in [0.1, 0.15) is 5.56 Å². The maximum absolute atomic E-state index is 5.85. The highest BCUT2D eigenvalue weighted by Gasteiger charge is 2.00. The summed E-state index contributed by atoms with van der Waals surface area (Å²) < 4.78 is 5.85. The Labute approximate surface area is 133 Å². The second-order valence-electron chi connectivity index (χ2n) is 4.77. The van der Waals surface area contributed by atoms with Crippen LogP contribution in [0.25, 0.3) is 11.1 Å². The second-order valence-corrected chi connectivity index (χ2v) is 5.33. The Bertz CT molecular complexity index is 688. The highest BCUT2D eigenvalue weighted by molar-refractivity contribution is 9.08. The molecular formula is C19H15BrO. The SMILES string of the molecule is BrCc1ccc(Oc2ccc(-c3ccccc3)cc2)cc1. The van der Waals surface area contributed by atoms with E-state index in [0.717, 1.165) is 16.8 Å². The van der Waals surface area contributed by atoms with Gasteiger partial charge in [-0.15, -0.1) is 0 Å². The van der Waals surface area contributed by atoms with Crippen LogP contribution in [0.5, 0.6) is 11.5 Å². The zero-order chi connectivity index (χ0) is 14.5. The van der Waals surface area contributed by atoms with Crippen LogP contribution < -0.4 is 4.74 Å². The molecule has 3 aromatic rings. The minimum atomic E-state index is 0.848. The molecular weight excluding hydrogens is 324 g/mol. The fourth-order valence-electron chi connectivity index (χ4n) is 2.13. The van der Waals surface area contributed by atoms with Crippen molar-refractivity contribution in [1.29, 1.82) is 0 Å². The molecule has 0 bridgehead atoms. The van der Waals surface area contributed by atoms with Crippen molar-refractivity contribution in [3.05, 3.63) is 84.4 Å². The van der Waals surface area contributed by atoms with Crippen LogP contribution in [-0.4, -0.2) is 0 Å². The van der Waals surface area contributed by atoms with E-state index in [0.29, 0.717) is 0 Å². The van der Waals surface area contributed by atoms with E-state index < -0.39 is 0 Å². The molecule has 0 aliphatic heterocycles. The van der Waals surface area contributed by atoms with Crippen molar-refractivity contribution >= 4 is 15.9 Å². The van der Waals surface area contributed by atoms with Crippen LogP contribution in [0, 0.1) is 0 Å². The van der Waals surface area contributed by atoms with E-state index in [9.17, 15) is 0 Å². The molecule has 0 N–H and O–H groups in total. The lowest BCUT2D eigenvalue weighted by atomic mass is 10.1. The number of hydrogen-bond donors (Lipinski definition) is 0. The van der Waals surface area contributed by atoms with Crippen molar-refractivity contribution in [1.82, 2.24) is 0 Å². The molecule has 2 heteroatoms. The zero-order valence-electron chi connectivity index (χ0n) is 11.5. The van der Waals surface area contributed by atoms with E-state index in [4.69, 9.17) is 4.74 Å². The number of alkyl halides is 1. The fraction of sp³-hybridized carbons (Fsp3) is 0.0526. The number of ether oxygens (including phenoxy) is 1. The van der Waals surface area contributed by atoms with Gasteiger partial charge in [0.2, 0.25) is 0 Å². The summed E-state index contributed by atoms with van der Waals surface area (Å²) in [4.78, 5) is 0. The van der Waals surface area contributed by atoms with E-state index in [1.807, 2.05) is 42.5 Å². The first-order chi connectivity index (χ1) is 10.3. The number of halogens is 1. The van der Waals surface area contributed by atoms with E-state index in [1.54, 1.807) is 0 Å². The third-order valence-corrected chi connectivity index (χ3v) is 3.92. The van der Waals surface area contributed by atoms with Crippen LogP contribution in [0.15, 0.2) is 78.9 Å². The van der Waals surface area contributed by atoms with Crippen molar-refractivity contribution in [3.8, 4) is 22.6 Å². The third kappa shape index (κ3) is 3.53. The molecule has 0 radical (unpaired) electrons. The Balaban J connectivity index is 1.75. The van der Waals surface area contributed by atoms with Gasteiger partial charge in [-0.2, -0.15) is 0 Å². The summed E-state index contributed by atoms with van der Waals surface area (Å²) in [6.45, 7) is 0. The molecule has 3 aromatic carbocycles. The minimum absolute atomic E-state index is 0.848. The molecule has 0 spiro atoms. The molecule has 0 aliphatic rings. The maximum Gasteiger partial charge on any atom is 0.127 e. The van der Waals surface area contributed by atoms with E-state index in [-0.39, 0.29) is 0 Å². The normalized spacial score (nSPS) is 10.3. The van der Waals surface area contributed by atoms with Crippen LogP contribution in [0.2, 0.25) is 0 Å². The molecule has 0 atom stereocenters. The lowest BCUT2D eigenvalue weighted by Crippen LogP contribution is -1.85. The molecule has 0 unspecified atom stereocenters. The van der Waals surface area contributed by atoms with E-state index in [2.05, 4.69) is 52.3 Å². The first-order valence-electron chi connectivity index (χ1n) is 6.83. The molecule has 3 rings (SSSR count). The highest BCUT2D eigenvalue weighted by Crippen LogP contribution is 2.26. The van der Waals surface area contributed by atoms with Gasteiger partial charge in [0.05, 0.1) is 0 Å². The van der Waals surface area contributed by atoms with Crippen molar-refractivity contribution in [2.24, 2.45) is 0 Å². The average Bonchev–Trinajstić information content (AvgIpc) is 2.57. The molecule has 0 aliphatic carbocycles. The monoisotopic (exact) mass is 338 g/mol. The van der Waals surface area contributed by atoms with Crippen molar-refractivity contribution in [2.75, 3.05) is 0 Å². The predicted molar refractivity (Wildman–Crippen MR) is 91.0 cm³/mol. The number of benzene rings is 3. The largest absolute Gasteiger partial charge is 0.457 e. The van der Waals surface area contributed by atoms with Gasteiger partial charge < -0.3 is 4.74 Å². The van der Waals surface area contributed by atoms with Gasteiger partial charge in [-0.1, -0.05) is 70.5 Å². The van der Waals surface area contributed by atoms with Gasteiger partial charge in [-0.3, -0.25) is 0 Å². The van der Waals surface area contributed by atoms with Gasteiger partial charge in [-0.25, -0.2) is 0 Å². The molecule has 0 saturated carbocycles. The fourth-order valence-corrected chi connectivity index (χ4v) is 2.50. The highest BCUT2D eigenvalue weighted by atomic mass is 79.9. The van der Waals surface area contributed by atoms with Crippen molar-refractivity contribution in [2.45, 2.75) is 5.33 Å². The standard InChI is InChI=1S/C19H15BrO/c20-14-15-6-10-18(11-7-15)21-19-12-8-17(9-13-19)16-4-2-1-3-5-16/h1-13H,14H2. The molecule has 21 heavy (non-hydrogen) atoms. The van der Waals surface area contributed by atoms with Gasteiger partial charge in [0.1, 0.15) is 11.5 Å². The van der Waals surface area contributed by atoms with Crippen LogP contribution in [0.3, 0.4) is 0 Å². The summed E-state index contributed by atoms with van der Waals surface area (Å²) in [7, 11) is 0. The average molecular weight is 339 g/mol. The third-order valence-electron chi connectivity index (χ3n) is 3.27. The number of hydrogen-bond acceptors (Lipinski definition) is 1. The first kappa shape index (κ1) is 13.9. The summed E-state index contributed by atoms with van der Waals surface area (Å²) in [6.07, 6.45) is 0. The predicted octanol–water partition coefficient (Wildman–Crippen LogP) is 6.04. The van der Waals surface area contributed by atoms with Crippen molar-refractivity contribution in [3.63, 3.8) is 0 Å². The summed E-state index contributed by atoms with van der Waals surface area (Å²) in [5.74, 6) is 1.70. The molecule has 0 heterocycles. The van der Waals surface area contributed by atoms with Gasteiger partial charge in [-0.05, 0) is 41.0 Å². The Morgan fingerprint density at radius 3 is 1.71 bits per heavy atom. The summed E-state index contributed by atoms with van der Waals surface area (Å²) >= 11 is 3.44. The second kappa shape index (κ2) is 6.59. The summed E-state index contributed by atoms with van der Waals surface area (Å²) in [6, 6.07) is 26.6. The number of rotatable bonds is 4. The van der Waals surface area contributed by atoms with Gasteiger partial charge in [0, 0.05) is 5.33 Å². The van der Waals surface area contributed by atoms with E-state index in [1.165, 1.54) is 16.7 Å². The Hall–Kier alpha value is -2.06. The Morgan fingerprint density at radius 1 is 0.619 bits per heavy atom. The first-order valence-corrected chi connectivity index (χ1v) is 7.95. The van der Waals surface area contributed by atoms with Gasteiger partial charge >= 0.3 is 0 Å². The molecule has 0 aromatic heterocycles. The lowest BCUT2D eigenvalue weighted by molar-refractivity contribution is 0.482. The van der Waals surface area contributed by atoms with Crippen LogP contribution >= 0.6 is 15.9 Å². The summed E-state index contributed by atoms with van der Waals surface area (Å²) in [5.41, 5.74) is 3.64. The molecule has 104 valence electrons. The lowest BCUT2D eigenvalue weighted by Gasteiger charge is -2.07. The smallest absolute Gasteiger partial charge is 0.127 e. The quantitative estimate of drug-likeness (QED) is 0.527.